The van der Waals surface area contributed by atoms with Gasteiger partial charge in [-0.15, -0.1) is 0 Å². The lowest BCUT2D eigenvalue weighted by Gasteiger charge is -2.19. The minimum absolute atomic E-state index is 0.243. The van der Waals surface area contributed by atoms with Crippen molar-refractivity contribution in [1.29, 1.82) is 0 Å². The van der Waals surface area contributed by atoms with Crippen LogP contribution in [-0.4, -0.2) is 32.1 Å². The third-order valence-corrected chi connectivity index (χ3v) is 4.76. The van der Waals surface area contributed by atoms with Crippen LogP contribution < -0.4 is 0 Å². The lowest BCUT2D eigenvalue weighted by Crippen LogP contribution is -2.16. The number of hydrogen-bond donors (Lipinski definition) is 0. The molecule has 2 aromatic carbocycles. The maximum Gasteiger partial charge on any atom is 0.0824 e. The van der Waals surface area contributed by atoms with Crippen molar-refractivity contribution in [1.82, 2.24) is 4.90 Å². The summed E-state index contributed by atoms with van der Waals surface area (Å²) in [5.41, 5.74) is 2.78. The summed E-state index contributed by atoms with van der Waals surface area (Å²) in [7, 11) is 4.23. The Morgan fingerprint density at radius 1 is 0.769 bits per heavy atom. The van der Waals surface area contributed by atoms with Crippen molar-refractivity contribution < 1.29 is 4.74 Å². The summed E-state index contributed by atoms with van der Waals surface area (Å²) < 4.78 is 6.23. The molecule has 2 aromatic rings. The zero-order valence-corrected chi connectivity index (χ0v) is 16.6. The van der Waals surface area contributed by atoms with E-state index in [1.165, 1.54) is 43.2 Å². The fraction of sp³-hybridized carbons (Fsp3) is 0.500. The number of rotatable bonds is 13. The second-order valence-corrected chi connectivity index (χ2v) is 7.37. The Labute approximate surface area is 160 Å². The maximum atomic E-state index is 6.23. The Balaban J connectivity index is 1.67. The Hall–Kier alpha value is -1.64. The second-order valence-electron chi connectivity index (χ2n) is 7.37. The molecule has 0 bridgehead atoms. The van der Waals surface area contributed by atoms with Crippen molar-refractivity contribution >= 4 is 0 Å². The first-order valence-corrected chi connectivity index (χ1v) is 10.1. The van der Waals surface area contributed by atoms with Crippen LogP contribution in [0.5, 0.6) is 0 Å². The largest absolute Gasteiger partial charge is 0.373 e. The Bertz CT molecular complexity index is 567. The Kier molecular flexibility index (Phi) is 10.1. The van der Waals surface area contributed by atoms with Crippen LogP contribution in [0.15, 0.2) is 60.7 Å². The van der Waals surface area contributed by atoms with Crippen LogP contribution >= 0.6 is 0 Å². The van der Waals surface area contributed by atoms with Gasteiger partial charge in [0, 0.05) is 6.61 Å². The number of ether oxygens (including phenoxy) is 1. The Morgan fingerprint density at radius 2 is 1.42 bits per heavy atom. The van der Waals surface area contributed by atoms with Crippen molar-refractivity contribution in [3.8, 4) is 0 Å². The predicted octanol–water partition coefficient (Wildman–Crippen LogP) is 5.89. The first-order valence-electron chi connectivity index (χ1n) is 10.1. The van der Waals surface area contributed by atoms with E-state index in [-0.39, 0.29) is 6.10 Å². The fourth-order valence-electron chi connectivity index (χ4n) is 3.28. The highest BCUT2D eigenvalue weighted by Gasteiger charge is 2.11. The molecule has 0 fully saturated rings. The maximum absolute atomic E-state index is 6.23. The van der Waals surface area contributed by atoms with Gasteiger partial charge in [0.15, 0.2) is 0 Å². The van der Waals surface area contributed by atoms with E-state index in [0.29, 0.717) is 0 Å². The van der Waals surface area contributed by atoms with E-state index in [2.05, 4.69) is 79.7 Å². The third-order valence-electron chi connectivity index (χ3n) is 4.76. The van der Waals surface area contributed by atoms with Gasteiger partial charge in [0.25, 0.3) is 0 Å². The Morgan fingerprint density at radius 3 is 2.12 bits per heavy atom. The highest BCUT2D eigenvalue weighted by Crippen LogP contribution is 2.24. The molecule has 2 heteroatoms. The predicted molar refractivity (Wildman–Crippen MR) is 112 cm³/mol. The smallest absolute Gasteiger partial charge is 0.0824 e. The van der Waals surface area contributed by atoms with Crippen LogP contribution in [0.3, 0.4) is 0 Å². The molecule has 0 aliphatic rings. The monoisotopic (exact) mass is 353 g/mol. The van der Waals surface area contributed by atoms with Gasteiger partial charge in [-0.25, -0.2) is 0 Å². The summed E-state index contributed by atoms with van der Waals surface area (Å²) in [5.74, 6) is 0. The van der Waals surface area contributed by atoms with Crippen LogP contribution in [0, 0.1) is 0 Å². The first-order chi connectivity index (χ1) is 12.8. The number of hydrogen-bond acceptors (Lipinski definition) is 2. The summed E-state index contributed by atoms with van der Waals surface area (Å²) >= 11 is 0. The molecule has 2 nitrogen and oxygen atoms in total. The molecule has 1 atom stereocenters. The molecule has 26 heavy (non-hydrogen) atoms. The number of nitrogens with zero attached hydrogens (tertiary/aromatic N) is 1. The lowest BCUT2D eigenvalue weighted by atomic mass is 10.0. The van der Waals surface area contributed by atoms with Crippen LogP contribution in [-0.2, 0) is 11.2 Å². The van der Waals surface area contributed by atoms with E-state index in [4.69, 9.17) is 4.74 Å². The van der Waals surface area contributed by atoms with Crippen molar-refractivity contribution in [3.05, 3.63) is 71.8 Å². The second kappa shape index (κ2) is 12.7. The third kappa shape index (κ3) is 8.64. The summed E-state index contributed by atoms with van der Waals surface area (Å²) in [4.78, 5) is 2.22. The molecule has 0 saturated heterocycles. The lowest BCUT2D eigenvalue weighted by molar-refractivity contribution is 0.0405. The van der Waals surface area contributed by atoms with Gasteiger partial charge in [0.05, 0.1) is 6.10 Å². The molecular weight excluding hydrogens is 318 g/mol. The zero-order chi connectivity index (χ0) is 18.5. The van der Waals surface area contributed by atoms with Crippen LogP contribution in [0.4, 0.5) is 0 Å². The van der Waals surface area contributed by atoms with E-state index in [1.807, 2.05) is 0 Å². The van der Waals surface area contributed by atoms with Crippen LogP contribution in [0.2, 0.25) is 0 Å². The van der Waals surface area contributed by atoms with Crippen molar-refractivity contribution in [3.63, 3.8) is 0 Å². The highest BCUT2D eigenvalue weighted by molar-refractivity contribution is 5.17. The standard InChI is InChI=1S/C24H35NO/c1-25(2)20-13-21-26-24(23-17-10-6-11-18-23)19-12-4-3-7-14-22-15-8-5-9-16-22/h5-6,8-11,15-18,24H,3-4,7,12-14,19-21H2,1-2H3. The first kappa shape index (κ1) is 20.7. The molecular formula is C24H35NO. The quantitative estimate of drug-likeness (QED) is 0.416. The summed E-state index contributed by atoms with van der Waals surface area (Å²) in [6.45, 7) is 1.92. The van der Waals surface area contributed by atoms with Gasteiger partial charge in [-0.3, -0.25) is 0 Å². The van der Waals surface area contributed by atoms with Gasteiger partial charge in [-0.05, 0) is 57.5 Å². The minimum Gasteiger partial charge on any atom is -0.373 e. The number of unbranched alkanes of at least 4 members (excludes halogenated alkanes) is 3. The van der Waals surface area contributed by atoms with Crippen LogP contribution in [0.25, 0.3) is 0 Å². The SMILES string of the molecule is CN(C)CCCOC(CCCCCCc1ccccc1)c1ccccc1. The number of aryl methyl sites for hydroxylation is 1. The molecule has 0 aliphatic heterocycles. The summed E-state index contributed by atoms with van der Waals surface area (Å²) in [6.07, 6.45) is 8.77. The molecule has 0 radical (unpaired) electrons. The average molecular weight is 354 g/mol. The summed E-state index contributed by atoms with van der Waals surface area (Å²) in [6, 6.07) is 21.5. The number of benzene rings is 2. The van der Waals surface area contributed by atoms with E-state index in [0.717, 1.165) is 26.0 Å². The molecule has 1 unspecified atom stereocenters. The van der Waals surface area contributed by atoms with Gasteiger partial charge in [0.2, 0.25) is 0 Å². The van der Waals surface area contributed by atoms with Crippen molar-refractivity contribution in [2.75, 3.05) is 27.2 Å². The minimum atomic E-state index is 0.243. The molecule has 0 heterocycles. The molecule has 142 valence electrons. The van der Waals surface area contributed by atoms with Gasteiger partial charge >= 0.3 is 0 Å². The molecule has 0 aromatic heterocycles. The molecule has 0 amide bonds. The molecule has 0 aliphatic carbocycles. The van der Waals surface area contributed by atoms with E-state index in [9.17, 15) is 0 Å². The van der Waals surface area contributed by atoms with Crippen LogP contribution in [0.1, 0.15) is 55.8 Å². The zero-order valence-electron chi connectivity index (χ0n) is 16.6. The van der Waals surface area contributed by atoms with Crippen molar-refractivity contribution in [2.24, 2.45) is 0 Å². The topological polar surface area (TPSA) is 12.5 Å². The summed E-state index contributed by atoms with van der Waals surface area (Å²) in [5, 5.41) is 0. The van der Waals surface area contributed by atoms with Crippen molar-refractivity contribution in [2.45, 2.75) is 51.0 Å². The van der Waals surface area contributed by atoms with Gasteiger partial charge in [0.1, 0.15) is 0 Å². The van der Waals surface area contributed by atoms with Gasteiger partial charge < -0.3 is 9.64 Å². The molecule has 0 N–H and O–H groups in total. The van der Waals surface area contributed by atoms with E-state index >= 15 is 0 Å². The average Bonchev–Trinajstić information content (AvgIpc) is 2.67. The normalized spacial score (nSPS) is 12.4. The van der Waals surface area contributed by atoms with E-state index in [1.54, 1.807) is 0 Å². The molecule has 0 saturated carbocycles. The van der Waals surface area contributed by atoms with E-state index < -0.39 is 0 Å². The molecule has 2 rings (SSSR count). The van der Waals surface area contributed by atoms with Gasteiger partial charge in [-0.2, -0.15) is 0 Å². The highest BCUT2D eigenvalue weighted by atomic mass is 16.5. The van der Waals surface area contributed by atoms with Gasteiger partial charge in [-0.1, -0.05) is 79.9 Å². The fourth-order valence-corrected chi connectivity index (χ4v) is 3.28. The molecule has 0 spiro atoms.